The van der Waals surface area contributed by atoms with Crippen LogP contribution in [0.15, 0.2) is 54.6 Å². The number of nitrogens with one attached hydrogen (secondary N) is 1. The van der Waals surface area contributed by atoms with Crippen molar-refractivity contribution < 1.29 is 14.3 Å². The van der Waals surface area contributed by atoms with Gasteiger partial charge in [-0.1, -0.05) is 30.3 Å². The zero-order chi connectivity index (χ0) is 22.4. The number of hydrogen-bond acceptors (Lipinski definition) is 4. The monoisotopic (exact) mass is 423 g/mol. The third-order valence-electron chi connectivity index (χ3n) is 5.35. The molecule has 2 aromatic carbocycles. The minimum Gasteiger partial charge on any atom is -0.444 e. The molecule has 0 aliphatic carbocycles. The van der Waals surface area contributed by atoms with Crippen LogP contribution >= 0.6 is 0 Å². The van der Waals surface area contributed by atoms with Crippen LogP contribution < -0.4 is 5.32 Å². The summed E-state index contributed by atoms with van der Waals surface area (Å²) in [4.78, 5) is 29.0. The summed E-state index contributed by atoms with van der Waals surface area (Å²) in [7, 11) is 1.77. The first-order chi connectivity index (χ1) is 14.7. The minimum atomic E-state index is -0.498. The molecule has 1 aliphatic rings. The quantitative estimate of drug-likeness (QED) is 0.722. The molecule has 0 saturated carbocycles. The highest BCUT2D eigenvalue weighted by Crippen LogP contribution is 2.25. The summed E-state index contributed by atoms with van der Waals surface area (Å²) in [6.45, 7) is 7.62. The average Bonchev–Trinajstić information content (AvgIpc) is 2.74. The molecule has 0 bridgehead atoms. The second kappa shape index (κ2) is 9.86. The SMILES string of the molecule is CN(CC1CCN(C(=O)c2ccccc2Nc2ccccc2)CC1)C(=O)OC(C)(C)C. The van der Waals surface area contributed by atoms with Crippen LogP contribution in [0.1, 0.15) is 44.0 Å². The molecule has 6 heteroatoms. The number of nitrogens with zero attached hydrogens (tertiary/aromatic N) is 2. The Morgan fingerprint density at radius 1 is 1.03 bits per heavy atom. The van der Waals surface area contributed by atoms with E-state index in [9.17, 15) is 9.59 Å². The number of para-hydroxylation sites is 2. The van der Waals surface area contributed by atoms with E-state index in [1.54, 1.807) is 11.9 Å². The van der Waals surface area contributed by atoms with Gasteiger partial charge in [-0.3, -0.25) is 4.79 Å². The number of ether oxygens (including phenoxy) is 1. The minimum absolute atomic E-state index is 0.0398. The maximum Gasteiger partial charge on any atom is 0.410 e. The van der Waals surface area contributed by atoms with Gasteiger partial charge in [-0.05, 0) is 63.8 Å². The van der Waals surface area contributed by atoms with Crippen molar-refractivity contribution in [3.63, 3.8) is 0 Å². The molecule has 1 heterocycles. The van der Waals surface area contributed by atoms with E-state index in [4.69, 9.17) is 4.74 Å². The van der Waals surface area contributed by atoms with Crippen LogP contribution in [0.2, 0.25) is 0 Å². The Kier molecular flexibility index (Phi) is 7.21. The van der Waals surface area contributed by atoms with Crippen molar-refractivity contribution in [3.8, 4) is 0 Å². The van der Waals surface area contributed by atoms with Gasteiger partial charge in [0.25, 0.3) is 5.91 Å². The van der Waals surface area contributed by atoms with E-state index in [0.29, 0.717) is 31.1 Å². The van der Waals surface area contributed by atoms with Crippen LogP contribution in [0, 0.1) is 5.92 Å². The number of anilines is 2. The number of piperidine rings is 1. The molecule has 6 nitrogen and oxygen atoms in total. The predicted octanol–water partition coefficient (Wildman–Crippen LogP) is 5.15. The Morgan fingerprint density at radius 3 is 2.29 bits per heavy atom. The van der Waals surface area contributed by atoms with E-state index in [0.717, 1.165) is 24.2 Å². The first-order valence-corrected chi connectivity index (χ1v) is 10.9. The van der Waals surface area contributed by atoms with Crippen LogP contribution in [0.25, 0.3) is 0 Å². The molecule has 0 radical (unpaired) electrons. The summed E-state index contributed by atoms with van der Waals surface area (Å²) in [5.41, 5.74) is 1.94. The molecule has 31 heavy (non-hydrogen) atoms. The summed E-state index contributed by atoms with van der Waals surface area (Å²) in [6.07, 6.45) is 1.44. The van der Waals surface area contributed by atoms with E-state index in [-0.39, 0.29) is 12.0 Å². The normalized spacial score (nSPS) is 14.8. The number of carbonyl (C=O) groups is 2. The fraction of sp³-hybridized carbons (Fsp3) is 0.440. The van der Waals surface area contributed by atoms with Crippen molar-refractivity contribution >= 4 is 23.4 Å². The van der Waals surface area contributed by atoms with Crippen molar-refractivity contribution in [2.75, 3.05) is 32.0 Å². The van der Waals surface area contributed by atoms with Gasteiger partial charge in [-0.2, -0.15) is 0 Å². The van der Waals surface area contributed by atoms with Crippen molar-refractivity contribution in [2.45, 2.75) is 39.2 Å². The zero-order valence-corrected chi connectivity index (χ0v) is 18.9. The van der Waals surface area contributed by atoms with Crippen molar-refractivity contribution in [2.24, 2.45) is 5.92 Å². The molecule has 2 aromatic rings. The summed E-state index contributed by atoms with van der Waals surface area (Å²) in [5.74, 6) is 0.400. The van der Waals surface area contributed by atoms with E-state index in [1.165, 1.54) is 0 Å². The Morgan fingerprint density at radius 2 is 1.65 bits per heavy atom. The number of amides is 2. The summed E-state index contributed by atoms with van der Waals surface area (Å²) >= 11 is 0. The Hall–Kier alpha value is -3.02. The lowest BCUT2D eigenvalue weighted by Crippen LogP contribution is -2.43. The molecule has 2 amide bonds. The van der Waals surface area contributed by atoms with Gasteiger partial charge in [0.2, 0.25) is 0 Å². The Labute approximate surface area is 185 Å². The van der Waals surface area contributed by atoms with Crippen LogP contribution in [0.5, 0.6) is 0 Å². The molecular formula is C25H33N3O3. The highest BCUT2D eigenvalue weighted by atomic mass is 16.6. The van der Waals surface area contributed by atoms with Crippen molar-refractivity contribution in [1.82, 2.24) is 9.80 Å². The standard InChI is InChI=1S/C25H33N3O3/c1-25(2,3)31-24(30)27(4)18-19-14-16-28(17-15-19)23(29)21-12-8-9-13-22(21)26-20-10-6-5-7-11-20/h5-13,19,26H,14-18H2,1-4H3. The molecule has 1 fully saturated rings. The smallest absolute Gasteiger partial charge is 0.410 e. The summed E-state index contributed by atoms with van der Waals surface area (Å²) < 4.78 is 5.44. The lowest BCUT2D eigenvalue weighted by Gasteiger charge is -2.34. The van der Waals surface area contributed by atoms with Crippen LogP contribution in [0.3, 0.4) is 0 Å². The molecule has 1 saturated heterocycles. The predicted molar refractivity (Wildman–Crippen MR) is 124 cm³/mol. The van der Waals surface area contributed by atoms with E-state index in [2.05, 4.69) is 5.32 Å². The first kappa shape index (κ1) is 22.7. The Balaban J connectivity index is 1.57. The second-order valence-electron chi connectivity index (χ2n) is 9.13. The molecule has 0 spiro atoms. The summed E-state index contributed by atoms with van der Waals surface area (Å²) in [6, 6.07) is 17.5. The van der Waals surface area contributed by atoms with Crippen molar-refractivity contribution in [3.05, 3.63) is 60.2 Å². The fourth-order valence-corrected chi connectivity index (χ4v) is 3.75. The van der Waals surface area contributed by atoms with Gasteiger partial charge >= 0.3 is 6.09 Å². The third kappa shape index (κ3) is 6.48. The second-order valence-corrected chi connectivity index (χ2v) is 9.13. The van der Waals surface area contributed by atoms with Gasteiger partial charge in [0.15, 0.2) is 0 Å². The van der Waals surface area contributed by atoms with Crippen LogP contribution in [0.4, 0.5) is 16.2 Å². The van der Waals surface area contributed by atoms with Crippen molar-refractivity contribution in [1.29, 1.82) is 0 Å². The third-order valence-corrected chi connectivity index (χ3v) is 5.35. The van der Waals surface area contributed by atoms with Crippen LogP contribution in [-0.2, 0) is 4.74 Å². The Bertz CT molecular complexity index is 884. The number of rotatable bonds is 5. The number of likely N-dealkylation sites (tertiary alicyclic amines) is 1. The topological polar surface area (TPSA) is 61.9 Å². The van der Waals surface area contributed by atoms with Gasteiger partial charge in [-0.25, -0.2) is 4.79 Å². The lowest BCUT2D eigenvalue weighted by molar-refractivity contribution is 0.0246. The molecule has 0 atom stereocenters. The molecular weight excluding hydrogens is 390 g/mol. The molecule has 1 aliphatic heterocycles. The number of benzene rings is 2. The van der Waals surface area contributed by atoms with E-state index in [1.807, 2.05) is 80.3 Å². The average molecular weight is 424 g/mol. The van der Waals surface area contributed by atoms with E-state index < -0.39 is 5.60 Å². The van der Waals surface area contributed by atoms with Gasteiger partial charge in [0, 0.05) is 32.4 Å². The molecule has 1 N–H and O–H groups in total. The van der Waals surface area contributed by atoms with Crippen LogP contribution in [-0.4, -0.2) is 54.1 Å². The number of hydrogen-bond donors (Lipinski definition) is 1. The fourth-order valence-electron chi connectivity index (χ4n) is 3.75. The number of carbonyl (C=O) groups excluding carboxylic acids is 2. The van der Waals surface area contributed by atoms with E-state index >= 15 is 0 Å². The summed E-state index contributed by atoms with van der Waals surface area (Å²) in [5, 5.41) is 3.35. The first-order valence-electron chi connectivity index (χ1n) is 10.9. The highest BCUT2D eigenvalue weighted by Gasteiger charge is 2.27. The maximum absolute atomic E-state index is 13.2. The lowest BCUT2D eigenvalue weighted by atomic mass is 9.95. The maximum atomic E-state index is 13.2. The molecule has 0 aromatic heterocycles. The molecule has 166 valence electrons. The van der Waals surface area contributed by atoms with Gasteiger partial charge < -0.3 is 19.9 Å². The molecule has 0 unspecified atom stereocenters. The largest absolute Gasteiger partial charge is 0.444 e. The molecule has 3 rings (SSSR count). The highest BCUT2D eigenvalue weighted by molar-refractivity contribution is 6.00. The zero-order valence-electron chi connectivity index (χ0n) is 18.9. The van der Waals surface area contributed by atoms with Gasteiger partial charge in [0.05, 0.1) is 11.3 Å². The van der Waals surface area contributed by atoms with Gasteiger partial charge in [-0.15, -0.1) is 0 Å². The van der Waals surface area contributed by atoms with Gasteiger partial charge in [0.1, 0.15) is 5.60 Å².